The summed E-state index contributed by atoms with van der Waals surface area (Å²) in [6.07, 6.45) is 63.2. The molecule has 0 aliphatic heterocycles. The Balaban J connectivity index is 5.28. The van der Waals surface area contributed by atoms with Crippen LogP contribution >= 0.6 is 15.6 Å². The topological polar surface area (TPSA) is 237 Å². The standard InChI is InChI=1S/C82H156O17P2/c1-8-10-11-12-13-14-15-16-18-26-31-36-43-51-58-65-82(87)99-78(70-93-80(85)64-57-50-45-38-40-47-54-61-74(5)6)72-97-101(90,91)95-68-76(83)67-94-100(88,89)96-71-77(98-81(86)66-59-52-44-37-32-27-20-17-19-23-28-33-39-46-53-60-73(3)4)69-92-79(84)63-56-49-42-35-30-25-22-21-24-29-34-41-48-55-62-75(7)9-2/h14-16,18,73-78,83H,8-13,17,19-72H2,1-7H3,(H,88,89)(H,90,91)/b15-14-,18-16-/t75?,76?,77-,78-/m1/s1. The fourth-order valence-corrected chi connectivity index (χ4v) is 13.7. The van der Waals surface area contributed by atoms with Crippen molar-refractivity contribution in [3.8, 4) is 0 Å². The van der Waals surface area contributed by atoms with E-state index < -0.39 is 97.5 Å². The smallest absolute Gasteiger partial charge is 0.462 e. The molecule has 0 amide bonds. The summed E-state index contributed by atoms with van der Waals surface area (Å²) in [5.41, 5.74) is 0. The zero-order valence-electron chi connectivity index (χ0n) is 65.9. The Kier molecular flexibility index (Phi) is 70.0. The van der Waals surface area contributed by atoms with Crippen molar-refractivity contribution in [2.45, 2.75) is 420 Å². The monoisotopic (exact) mass is 1480 g/mol. The van der Waals surface area contributed by atoms with E-state index in [2.05, 4.69) is 72.8 Å². The number of rotatable bonds is 78. The Bertz CT molecular complexity index is 2050. The number of hydrogen-bond acceptors (Lipinski definition) is 15. The summed E-state index contributed by atoms with van der Waals surface area (Å²) in [4.78, 5) is 73.0. The lowest BCUT2D eigenvalue weighted by Gasteiger charge is -2.21. The maximum absolute atomic E-state index is 13.1. The maximum atomic E-state index is 13.1. The first kappa shape index (κ1) is 98.5. The molecule has 17 nitrogen and oxygen atoms in total. The highest BCUT2D eigenvalue weighted by atomic mass is 31.2. The zero-order valence-corrected chi connectivity index (χ0v) is 67.6. The zero-order chi connectivity index (χ0) is 74.4. The lowest BCUT2D eigenvalue weighted by Crippen LogP contribution is -2.30. The SMILES string of the molecule is CCCCCC/C=C\C=C/CCCCCCCC(=O)O[C@H](COC(=O)CCCCCCCCCC(C)C)COP(=O)(O)OCC(O)COP(=O)(O)OC[C@@H](COC(=O)CCCCCCCCCCCCCCCCC(C)CC)OC(=O)CCCCCCCCCCCCCCCCCC(C)C. The van der Waals surface area contributed by atoms with Crippen molar-refractivity contribution in [3.63, 3.8) is 0 Å². The number of aliphatic hydroxyl groups excluding tert-OH is 1. The van der Waals surface area contributed by atoms with Crippen molar-refractivity contribution in [3.05, 3.63) is 24.3 Å². The molecule has 0 aliphatic rings. The van der Waals surface area contributed by atoms with Gasteiger partial charge in [-0.25, -0.2) is 9.13 Å². The number of unbranched alkanes of at least 4 members (excludes halogenated alkanes) is 42. The van der Waals surface area contributed by atoms with E-state index in [1.807, 2.05) is 0 Å². The van der Waals surface area contributed by atoms with E-state index in [0.29, 0.717) is 31.6 Å². The summed E-state index contributed by atoms with van der Waals surface area (Å²) in [6.45, 7) is 11.9. The van der Waals surface area contributed by atoms with Crippen molar-refractivity contribution < 1.29 is 80.2 Å². The number of esters is 4. The Morgan fingerprint density at radius 1 is 0.327 bits per heavy atom. The van der Waals surface area contributed by atoms with Crippen molar-refractivity contribution in [1.29, 1.82) is 0 Å². The van der Waals surface area contributed by atoms with Crippen LogP contribution in [0.15, 0.2) is 24.3 Å². The summed E-state index contributed by atoms with van der Waals surface area (Å²) >= 11 is 0. The van der Waals surface area contributed by atoms with E-state index in [1.165, 1.54) is 193 Å². The number of phosphoric acid groups is 2. The summed E-state index contributed by atoms with van der Waals surface area (Å²) < 4.78 is 68.7. The van der Waals surface area contributed by atoms with E-state index in [9.17, 15) is 43.2 Å². The first-order valence-electron chi connectivity index (χ1n) is 41.7. The summed E-state index contributed by atoms with van der Waals surface area (Å²) in [5.74, 6) is 0.211. The Morgan fingerprint density at radius 3 is 0.881 bits per heavy atom. The molecule has 0 saturated carbocycles. The predicted octanol–water partition coefficient (Wildman–Crippen LogP) is 24.1. The minimum absolute atomic E-state index is 0.0842. The maximum Gasteiger partial charge on any atom is 0.472 e. The fourth-order valence-electron chi connectivity index (χ4n) is 12.1. The van der Waals surface area contributed by atoms with Gasteiger partial charge in [-0.05, 0) is 69.1 Å². The number of carbonyl (C=O) groups excluding carboxylic acids is 4. The molecule has 0 bridgehead atoms. The van der Waals surface area contributed by atoms with Crippen LogP contribution in [0, 0.1) is 17.8 Å². The van der Waals surface area contributed by atoms with Crippen LogP contribution in [-0.2, 0) is 65.4 Å². The second kappa shape index (κ2) is 71.8. The van der Waals surface area contributed by atoms with Gasteiger partial charge in [0.15, 0.2) is 12.2 Å². The molecule has 0 aromatic heterocycles. The Morgan fingerprint density at radius 2 is 0.584 bits per heavy atom. The Hall–Kier alpha value is -2.46. The highest BCUT2D eigenvalue weighted by molar-refractivity contribution is 7.47. The fraction of sp³-hybridized carbons (Fsp3) is 0.902. The molecule has 0 radical (unpaired) electrons. The van der Waals surface area contributed by atoms with Crippen molar-refractivity contribution in [2.24, 2.45) is 17.8 Å². The third kappa shape index (κ3) is 74.2. The molecule has 0 aliphatic carbocycles. The number of aliphatic hydroxyl groups is 1. The molecular weight excluding hydrogens is 1320 g/mol. The van der Waals surface area contributed by atoms with Gasteiger partial charge in [0, 0.05) is 25.7 Å². The van der Waals surface area contributed by atoms with Crippen LogP contribution in [0.4, 0.5) is 0 Å². The van der Waals surface area contributed by atoms with E-state index in [4.69, 9.17) is 37.0 Å². The normalized spacial score (nSPS) is 14.4. The molecule has 0 aromatic carbocycles. The van der Waals surface area contributed by atoms with Gasteiger partial charge in [0.25, 0.3) is 0 Å². The summed E-state index contributed by atoms with van der Waals surface area (Å²) in [6, 6.07) is 0. The van der Waals surface area contributed by atoms with Crippen LogP contribution in [0.3, 0.4) is 0 Å². The number of allylic oxidation sites excluding steroid dienone is 4. The third-order valence-corrected chi connectivity index (χ3v) is 20.8. The first-order chi connectivity index (χ1) is 48.8. The van der Waals surface area contributed by atoms with Gasteiger partial charge < -0.3 is 33.8 Å². The van der Waals surface area contributed by atoms with E-state index in [1.54, 1.807) is 0 Å². The van der Waals surface area contributed by atoms with E-state index in [0.717, 1.165) is 121 Å². The average molecular weight is 1480 g/mol. The van der Waals surface area contributed by atoms with Gasteiger partial charge in [-0.15, -0.1) is 0 Å². The van der Waals surface area contributed by atoms with Gasteiger partial charge in [0.1, 0.15) is 19.3 Å². The first-order valence-corrected chi connectivity index (χ1v) is 44.7. The third-order valence-electron chi connectivity index (χ3n) is 18.9. The molecule has 0 fully saturated rings. The molecule has 6 atom stereocenters. The van der Waals surface area contributed by atoms with E-state index >= 15 is 0 Å². The number of carbonyl (C=O) groups is 4. The minimum atomic E-state index is -4.97. The summed E-state index contributed by atoms with van der Waals surface area (Å²) in [7, 11) is -9.94. The minimum Gasteiger partial charge on any atom is -0.462 e. The average Bonchev–Trinajstić information content (AvgIpc) is 0.949. The lowest BCUT2D eigenvalue weighted by molar-refractivity contribution is -0.161. The van der Waals surface area contributed by atoms with Crippen LogP contribution in [0.5, 0.6) is 0 Å². The molecule has 596 valence electrons. The van der Waals surface area contributed by atoms with Crippen molar-refractivity contribution in [2.75, 3.05) is 39.6 Å². The quantitative estimate of drug-likeness (QED) is 0.0169. The number of phosphoric ester groups is 2. The molecule has 4 unspecified atom stereocenters. The molecular formula is C82H156O17P2. The molecule has 0 rings (SSSR count). The van der Waals surface area contributed by atoms with Crippen LogP contribution in [-0.4, -0.2) is 96.7 Å². The van der Waals surface area contributed by atoms with Gasteiger partial charge in [-0.2, -0.15) is 0 Å². The Labute approximate surface area is 618 Å². The number of hydrogen-bond donors (Lipinski definition) is 3. The largest absolute Gasteiger partial charge is 0.472 e. The van der Waals surface area contributed by atoms with Gasteiger partial charge in [0.2, 0.25) is 0 Å². The van der Waals surface area contributed by atoms with E-state index in [-0.39, 0.29) is 25.7 Å². The van der Waals surface area contributed by atoms with Crippen LogP contribution < -0.4 is 0 Å². The van der Waals surface area contributed by atoms with Crippen LogP contribution in [0.2, 0.25) is 0 Å². The second-order valence-corrected chi connectivity index (χ2v) is 32.9. The van der Waals surface area contributed by atoms with Crippen LogP contribution in [0.1, 0.15) is 402 Å². The molecule has 0 heterocycles. The molecule has 101 heavy (non-hydrogen) atoms. The molecule has 0 saturated heterocycles. The summed E-state index contributed by atoms with van der Waals surface area (Å²) in [5, 5.41) is 10.6. The predicted molar refractivity (Wildman–Crippen MR) is 414 cm³/mol. The molecule has 0 spiro atoms. The lowest BCUT2D eigenvalue weighted by atomic mass is 9.99. The number of ether oxygens (including phenoxy) is 4. The highest BCUT2D eigenvalue weighted by Gasteiger charge is 2.30. The van der Waals surface area contributed by atoms with Gasteiger partial charge >= 0.3 is 39.5 Å². The van der Waals surface area contributed by atoms with Gasteiger partial charge in [-0.1, -0.05) is 349 Å². The van der Waals surface area contributed by atoms with Crippen molar-refractivity contribution >= 4 is 39.5 Å². The molecule has 19 heteroatoms. The highest BCUT2D eigenvalue weighted by Crippen LogP contribution is 2.45. The molecule has 0 aromatic rings. The molecule has 3 N–H and O–H groups in total. The van der Waals surface area contributed by atoms with Gasteiger partial charge in [-0.3, -0.25) is 37.3 Å². The van der Waals surface area contributed by atoms with Crippen molar-refractivity contribution in [1.82, 2.24) is 0 Å². The second-order valence-electron chi connectivity index (χ2n) is 30.0. The van der Waals surface area contributed by atoms with Crippen LogP contribution in [0.25, 0.3) is 0 Å². The van der Waals surface area contributed by atoms with Gasteiger partial charge in [0.05, 0.1) is 26.4 Å².